The van der Waals surface area contributed by atoms with E-state index in [0.29, 0.717) is 0 Å². The Bertz CT molecular complexity index is 591. The predicted octanol–water partition coefficient (Wildman–Crippen LogP) is 2.00. The molecule has 17 heavy (non-hydrogen) atoms. The summed E-state index contributed by atoms with van der Waals surface area (Å²) < 4.78 is 2.35. The lowest BCUT2D eigenvalue weighted by Gasteiger charge is -2.04. The number of Topliss-reactive ketones (excluding diaryl/α,β-unsaturated/α-hetero) is 1. The number of nitrogens with zero attached hydrogens (tertiary/aromatic N) is 2. The van der Waals surface area contributed by atoms with E-state index < -0.39 is 0 Å². The molecule has 6 heteroatoms. The van der Waals surface area contributed by atoms with Gasteiger partial charge in [0.05, 0.1) is 5.69 Å². The maximum atomic E-state index is 11.4. The normalized spacial score (nSPS) is 10.5. The zero-order valence-corrected chi connectivity index (χ0v) is 10.7. The van der Waals surface area contributed by atoms with Gasteiger partial charge in [-0.3, -0.25) is 4.79 Å². The fourth-order valence-corrected chi connectivity index (χ4v) is 2.00. The summed E-state index contributed by atoms with van der Waals surface area (Å²) >= 11 is 3.36. The lowest BCUT2D eigenvalue weighted by Crippen LogP contribution is -2.04. The zero-order chi connectivity index (χ0) is 12.6. The van der Waals surface area contributed by atoms with Crippen molar-refractivity contribution in [1.29, 1.82) is 0 Å². The number of rotatable bonds is 2. The molecule has 0 aliphatic rings. The van der Waals surface area contributed by atoms with E-state index in [1.807, 2.05) is 24.3 Å². The van der Waals surface area contributed by atoms with Gasteiger partial charge in [-0.15, -0.1) is 5.10 Å². The van der Waals surface area contributed by atoms with Gasteiger partial charge in [0.1, 0.15) is 11.4 Å². The summed E-state index contributed by atoms with van der Waals surface area (Å²) in [7, 11) is 0. The fourth-order valence-electron chi connectivity index (χ4n) is 1.61. The smallest absolute Gasteiger partial charge is 0.167 e. The SMILES string of the molecule is CC(=O)c1c(N)nn(-c2cccc(Br)c2)c1N. The van der Waals surface area contributed by atoms with Crippen molar-refractivity contribution in [2.75, 3.05) is 11.5 Å². The van der Waals surface area contributed by atoms with E-state index in [4.69, 9.17) is 11.5 Å². The number of aromatic nitrogens is 2. The molecule has 0 saturated heterocycles. The number of carbonyl (C=O) groups is 1. The van der Waals surface area contributed by atoms with Gasteiger partial charge in [-0.05, 0) is 25.1 Å². The molecule has 88 valence electrons. The first-order valence-electron chi connectivity index (χ1n) is 4.91. The van der Waals surface area contributed by atoms with Crippen molar-refractivity contribution in [3.63, 3.8) is 0 Å². The molecule has 1 heterocycles. The van der Waals surface area contributed by atoms with Crippen LogP contribution in [-0.4, -0.2) is 15.6 Å². The third-order valence-electron chi connectivity index (χ3n) is 2.35. The minimum Gasteiger partial charge on any atom is -0.383 e. The third-order valence-corrected chi connectivity index (χ3v) is 2.85. The van der Waals surface area contributed by atoms with Crippen molar-refractivity contribution in [1.82, 2.24) is 9.78 Å². The second-order valence-corrected chi connectivity index (χ2v) is 4.51. The number of halogens is 1. The Morgan fingerprint density at radius 3 is 2.65 bits per heavy atom. The average molecular weight is 295 g/mol. The molecule has 2 aromatic rings. The Kier molecular flexibility index (Phi) is 2.89. The first-order chi connectivity index (χ1) is 8.00. The number of carbonyl (C=O) groups excluding carboxylic acids is 1. The fraction of sp³-hybridized carbons (Fsp3) is 0.0909. The van der Waals surface area contributed by atoms with Crippen LogP contribution in [0.25, 0.3) is 5.69 Å². The number of benzene rings is 1. The summed E-state index contributed by atoms with van der Waals surface area (Å²) in [5.74, 6) is 0.212. The highest BCUT2D eigenvalue weighted by atomic mass is 79.9. The number of hydrogen-bond acceptors (Lipinski definition) is 4. The molecule has 0 saturated carbocycles. The lowest BCUT2D eigenvalue weighted by molar-refractivity contribution is 0.101. The maximum Gasteiger partial charge on any atom is 0.167 e. The highest BCUT2D eigenvalue weighted by Gasteiger charge is 2.17. The molecular formula is C11H11BrN4O. The summed E-state index contributed by atoms with van der Waals surface area (Å²) in [5.41, 5.74) is 12.6. The Labute approximate surface area is 107 Å². The second-order valence-electron chi connectivity index (χ2n) is 3.59. The molecular weight excluding hydrogens is 284 g/mol. The van der Waals surface area contributed by atoms with E-state index in [0.717, 1.165) is 10.2 Å². The second kappa shape index (κ2) is 4.21. The van der Waals surface area contributed by atoms with Gasteiger partial charge in [-0.1, -0.05) is 22.0 Å². The molecule has 1 aromatic carbocycles. The van der Waals surface area contributed by atoms with E-state index in [2.05, 4.69) is 21.0 Å². The van der Waals surface area contributed by atoms with Crippen molar-refractivity contribution < 1.29 is 4.79 Å². The first-order valence-corrected chi connectivity index (χ1v) is 5.71. The molecule has 0 radical (unpaired) electrons. The van der Waals surface area contributed by atoms with Crippen molar-refractivity contribution in [2.45, 2.75) is 6.92 Å². The quantitative estimate of drug-likeness (QED) is 0.830. The molecule has 0 unspecified atom stereocenters. The number of anilines is 2. The van der Waals surface area contributed by atoms with Gasteiger partial charge in [0, 0.05) is 4.47 Å². The Morgan fingerprint density at radius 2 is 2.12 bits per heavy atom. The molecule has 0 aliphatic heterocycles. The summed E-state index contributed by atoms with van der Waals surface area (Å²) in [6.45, 7) is 1.41. The van der Waals surface area contributed by atoms with Crippen LogP contribution >= 0.6 is 15.9 Å². The number of ketones is 1. The van der Waals surface area contributed by atoms with Crippen molar-refractivity contribution in [2.24, 2.45) is 0 Å². The molecule has 0 aliphatic carbocycles. The number of nitrogen functional groups attached to an aromatic ring is 2. The molecule has 0 fully saturated rings. The number of nitrogens with two attached hydrogens (primary N) is 2. The lowest BCUT2D eigenvalue weighted by atomic mass is 10.2. The molecule has 0 atom stereocenters. The van der Waals surface area contributed by atoms with Crippen molar-refractivity contribution >= 4 is 33.3 Å². The monoisotopic (exact) mass is 294 g/mol. The minimum atomic E-state index is -0.193. The van der Waals surface area contributed by atoms with Crippen LogP contribution < -0.4 is 11.5 Å². The Hall–Kier alpha value is -1.82. The van der Waals surface area contributed by atoms with Gasteiger partial charge < -0.3 is 11.5 Å². The molecule has 0 amide bonds. The third kappa shape index (κ3) is 2.03. The molecule has 0 spiro atoms. The molecule has 5 nitrogen and oxygen atoms in total. The van der Waals surface area contributed by atoms with Crippen LogP contribution in [0.3, 0.4) is 0 Å². The van der Waals surface area contributed by atoms with E-state index in [-0.39, 0.29) is 23.0 Å². The van der Waals surface area contributed by atoms with E-state index in [9.17, 15) is 4.79 Å². The van der Waals surface area contributed by atoms with Gasteiger partial charge in [0.25, 0.3) is 0 Å². The molecule has 4 N–H and O–H groups in total. The topological polar surface area (TPSA) is 86.9 Å². The van der Waals surface area contributed by atoms with Gasteiger partial charge in [0.2, 0.25) is 0 Å². The van der Waals surface area contributed by atoms with Gasteiger partial charge >= 0.3 is 0 Å². The van der Waals surface area contributed by atoms with Crippen LogP contribution in [0.2, 0.25) is 0 Å². The highest BCUT2D eigenvalue weighted by Crippen LogP contribution is 2.24. The number of hydrogen-bond donors (Lipinski definition) is 2. The van der Waals surface area contributed by atoms with E-state index >= 15 is 0 Å². The van der Waals surface area contributed by atoms with Crippen LogP contribution in [0, 0.1) is 0 Å². The minimum absolute atomic E-state index is 0.148. The van der Waals surface area contributed by atoms with Gasteiger partial charge in [-0.2, -0.15) is 0 Å². The molecule has 2 rings (SSSR count). The highest BCUT2D eigenvalue weighted by molar-refractivity contribution is 9.10. The molecule has 1 aromatic heterocycles. The first kappa shape index (κ1) is 11.7. The van der Waals surface area contributed by atoms with Crippen LogP contribution in [0.15, 0.2) is 28.7 Å². The largest absolute Gasteiger partial charge is 0.383 e. The van der Waals surface area contributed by atoms with E-state index in [1.54, 1.807) is 0 Å². The average Bonchev–Trinajstić information content (AvgIpc) is 2.54. The van der Waals surface area contributed by atoms with Crippen molar-refractivity contribution in [3.05, 3.63) is 34.3 Å². The maximum absolute atomic E-state index is 11.4. The van der Waals surface area contributed by atoms with Crippen LogP contribution in [-0.2, 0) is 0 Å². The van der Waals surface area contributed by atoms with Crippen LogP contribution in [0.1, 0.15) is 17.3 Å². The summed E-state index contributed by atoms with van der Waals surface area (Å²) in [4.78, 5) is 11.4. The van der Waals surface area contributed by atoms with Gasteiger partial charge in [-0.25, -0.2) is 4.68 Å². The standard InChI is InChI=1S/C11H11BrN4O/c1-6(17)9-10(13)15-16(11(9)14)8-4-2-3-7(12)5-8/h2-5H,14H2,1H3,(H2,13,15). The summed E-state index contributed by atoms with van der Waals surface area (Å²) in [6, 6.07) is 7.41. The summed E-state index contributed by atoms with van der Waals surface area (Å²) in [6.07, 6.45) is 0. The molecule has 0 bridgehead atoms. The Morgan fingerprint density at radius 1 is 1.41 bits per heavy atom. The van der Waals surface area contributed by atoms with E-state index in [1.165, 1.54) is 11.6 Å². The Balaban J connectivity index is 2.62. The van der Waals surface area contributed by atoms with Crippen LogP contribution in [0.4, 0.5) is 11.6 Å². The zero-order valence-electron chi connectivity index (χ0n) is 9.14. The van der Waals surface area contributed by atoms with Crippen LogP contribution in [0.5, 0.6) is 0 Å². The summed E-state index contributed by atoms with van der Waals surface area (Å²) in [5, 5.41) is 4.07. The predicted molar refractivity (Wildman–Crippen MR) is 70.1 cm³/mol. The van der Waals surface area contributed by atoms with Gasteiger partial charge in [0.15, 0.2) is 11.6 Å². The van der Waals surface area contributed by atoms with Crippen molar-refractivity contribution in [3.8, 4) is 5.69 Å².